The fourth-order valence-electron chi connectivity index (χ4n) is 0.965. The van der Waals surface area contributed by atoms with E-state index in [4.69, 9.17) is 11.6 Å². The lowest BCUT2D eigenvalue weighted by atomic mass is 10.3. The average molecular weight is 341 g/mol. The molecule has 0 atom stereocenters. The summed E-state index contributed by atoms with van der Waals surface area (Å²) in [5.74, 6) is 0.358. The summed E-state index contributed by atoms with van der Waals surface area (Å²) in [5.41, 5.74) is 0.721. The van der Waals surface area contributed by atoms with Gasteiger partial charge in [0.1, 0.15) is 0 Å². The smallest absolute Gasteiger partial charge is 0.265 e. The number of pyridine rings is 1. The Balaban J connectivity index is 3.09. The van der Waals surface area contributed by atoms with E-state index >= 15 is 0 Å². The molecular weight excluding hydrogens is 333 g/mol. The molecule has 0 spiro atoms. The molecule has 14 heavy (non-hydrogen) atoms. The van der Waals surface area contributed by atoms with Crippen LogP contribution in [0.15, 0.2) is 38.2 Å². The van der Waals surface area contributed by atoms with Crippen LogP contribution < -0.4 is 5.56 Å². The highest BCUT2D eigenvalue weighted by Gasteiger charge is 2.03. The molecule has 0 N–H and O–H groups in total. The van der Waals surface area contributed by atoms with E-state index in [-0.39, 0.29) is 5.56 Å². The van der Waals surface area contributed by atoms with Crippen LogP contribution in [-0.4, -0.2) is 10.4 Å². The minimum atomic E-state index is -0.0838. The predicted octanol–water partition coefficient (Wildman–Crippen LogP) is 3.17. The second-order valence-corrected chi connectivity index (χ2v) is 4.86. The lowest BCUT2D eigenvalue weighted by Gasteiger charge is -2.07. The predicted molar refractivity (Wildman–Crippen MR) is 66.0 cm³/mol. The number of hydrogen-bond donors (Lipinski definition) is 0. The van der Waals surface area contributed by atoms with E-state index in [1.165, 1.54) is 0 Å². The van der Waals surface area contributed by atoms with E-state index in [1.807, 2.05) is 0 Å². The van der Waals surface area contributed by atoms with Crippen LogP contribution in [0.5, 0.6) is 0 Å². The van der Waals surface area contributed by atoms with Crippen molar-refractivity contribution in [3.8, 4) is 0 Å². The van der Waals surface area contributed by atoms with E-state index in [2.05, 4.69) is 38.4 Å². The fourth-order valence-corrected chi connectivity index (χ4v) is 2.31. The highest BCUT2D eigenvalue weighted by atomic mass is 79.9. The summed E-state index contributed by atoms with van der Waals surface area (Å²) >= 11 is 12.1. The topological polar surface area (TPSA) is 22.0 Å². The van der Waals surface area contributed by atoms with Gasteiger partial charge in [-0.3, -0.25) is 4.79 Å². The van der Waals surface area contributed by atoms with Crippen LogP contribution in [0.2, 0.25) is 0 Å². The molecule has 76 valence electrons. The summed E-state index contributed by atoms with van der Waals surface area (Å²) in [4.78, 5) is 11.6. The van der Waals surface area contributed by atoms with E-state index in [0.29, 0.717) is 16.9 Å². The maximum Gasteiger partial charge on any atom is 0.265 e. The minimum absolute atomic E-state index is 0.0838. The molecule has 0 amide bonds. The molecule has 1 aromatic rings. The molecule has 1 aromatic heterocycles. The van der Waals surface area contributed by atoms with Crippen LogP contribution in [-0.2, 0) is 6.54 Å². The van der Waals surface area contributed by atoms with Gasteiger partial charge in [-0.2, -0.15) is 0 Å². The molecule has 0 radical (unpaired) electrons. The van der Waals surface area contributed by atoms with Gasteiger partial charge < -0.3 is 4.57 Å². The molecule has 0 bridgehead atoms. The molecule has 2 nitrogen and oxygen atoms in total. The van der Waals surface area contributed by atoms with Gasteiger partial charge >= 0.3 is 0 Å². The lowest BCUT2D eigenvalue weighted by molar-refractivity contribution is 0.742. The summed E-state index contributed by atoms with van der Waals surface area (Å²) < 4.78 is 2.92. The molecule has 0 saturated heterocycles. The van der Waals surface area contributed by atoms with Crippen molar-refractivity contribution in [3.05, 3.63) is 43.7 Å². The fraction of sp³-hybridized carbons (Fsp3) is 0.222. The highest BCUT2D eigenvalue weighted by Crippen LogP contribution is 2.13. The minimum Gasteiger partial charge on any atom is -0.309 e. The summed E-state index contributed by atoms with van der Waals surface area (Å²) in [7, 11) is 0. The first-order valence-electron chi connectivity index (χ1n) is 3.82. The van der Waals surface area contributed by atoms with E-state index in [9.17, 15) is 4.79 Å². The molecule has 0 aliphatic carbocycles. The number of alkyl halides is 1. The molecule has 0 aromatic carbocycles. The van der Waals surface area contributed by atoms with Crippen molar-refractivity contribution in [1.29, 1.82) is 0 Å². The Bertz CT molecular complexity index is 414. The molecular formula is C9H8Br2ClNO. The Morgan fingerprint density at radius 2 is 2.21 bits per heavy atom. The van der Waals surface area contributed by atoms with Gasteiger partial charge in [0, 0.05) is 23.1 Å². The van der Waals surface area contributed by atoms with Crippen molar-refractivity contribution in [2.75, 3.05) is 5.88 Å². The Hall–Kier alpha value is -0.0600. The van der Waals surface area contributed by atoms with Gasteiger partial charge in [-0.05, 0) is 43.5 Å². The van der Waals surface area contributed by atoms with Gasteiger partial charge in [0.05, 0.1) is 4.47 Å². The first-order valence-corrected chi connectivity index (χ1v) is 5.94. The van der Waals surface area contributed by atoms with Crippen LogP contribution in [0, 0.1) is 0 Å². The monoisotopic (exact) mass is 339 g/mol. The van der Waals surface area contributed by atoms with Crippen molar-refractivity contribution < 1.29 is 0 Å². The summed E-state index contributed by atoms with van der Waals surface area (Å²) in [6.07, 6.45) is 1.71. The zero-order valence-corrected chi connectivity index (χ0v) is 11.2. The second kappa shape index (κ2) is 5.14. The normalized spacial score (nSPS) is 10.2. The van der Waals surface area contributed by atoms with Crippen molar-refractivity contribution in [3.63, 3.8) is 0 Å². The third-order valence-electron chi connectivity index (χ3n) is 1.59. The first-order chi connectivity index (χ1) is 6.54. The average Bonchev–Trinajstić information content (AvgIpc) is 2.13. The van der Waals surface area contributed by atoms with Gasteiger partial charge in [0.15, 0.2) is 0 Å². The molecule has 0 aliphatic rings. The van der Waals surface area contributed by atoms with Gasteiger partial charge in [0.2, 0.25) is 0 Å². The third kappa shape index (κ3) is 2.97. The summed E-state index contributed by atoms with van der Waals surface area (Å²) in [5, 5.41) is 0. The number of aromatic nitrogens is 1. The quantitative estimate of drug-likeness (QED) is 0.611. The Kier molecular flexibility index (Phi) is 4.41. The molecule has 0 saturated carbocycles. The van der Waals surface area contributed by atoms with Gasteiger partial charge in [-0.25, -0.2) is 0 Å². The summed E-state index contributed by atoms with van der Waals surface area (Å²) in [6.45, 7) is 4.19. The Labute approximate surface area is 104 Å². The second-order valence-electron chi connectivity index (χ2n) is 2.82. The van der Waals surface area contributed by atoms with Crippen LogP contribution in [0.25, 0.3) is 0 Å². The maximum absolute atomic E-state index is 11.6. The van der Waals surface area contributed by atoms with Crippen LogP contribution in [0.3, 0.4) is 0 Å². The van der Waals surface area contributed by atoms with Crippen molar-refractivity contribution in [1.82, 2.24) is 4.57 Å². The summed E-state index contributed by atoms with van der Waals surface area (Å²) in [6, 6.07) is 1.71. The van der Waals surface area contributed by atoms with Gasteiger partial charge in [0.25, 0.3) is 5.56 Å². The highest BCUT2D eigenvalue weighted by molar-refractivity contribution is 9.11. The number of hydrogen-bond acceptors (Lipinski definition) is 1. The van der Waals surface area contributed by atoms with E-state index < -0.39 is 0 Å². The maximum atomic E-state index is 11.6. The van der Waals surface area contributed by atoms with Crippen molar-refractivity contribution in [2.24, 2.45) is 0 Å². The Morgan fingerprint density at radius 1 is 1.57 bits per heavy atom. The number of rotatable bonds is 3. The first kappa shape index (κ1) is 12.0. The van der Waals surface area contributed by atoms with E-state index in [0.717, 1.165) is 10.0 Å². The molecule has 1 rings (SSSR count). The zero-order valence-electron chi connectivity index (χ0n) is 7.27. The molecule has 0 unspecified atom stereocenters. The number of halogens is 3. The van der Waals surface area contributed by atoms with Crippen LogP contribution in [0.4, 0.5) is 0 Å². The number of nitrogens with zero attached hydrogens (tertiary/aromatic N) is 1. The Morgan fingerprint density at radius 3 is 2.79 bits per heavy atom. The van der Waals surface area contributed by atoms with Gasteiger partial charge in [-0.15, -0.1) is 11.6 Å². The SMILES string of the molecule is C=C(CCl)Cn1cc(Br)cc(Br)c1=O. The van der Waals surface area contributed by atoms with Crippen LogP contribution >= 0.6 is 43.5 Å². The van der Waals surface area contributed by atoms with Gasteiger partial charge in [-0.1, -0.05) is 6.58 Å². The van der Waals surface area contributed by atoms with Crippen LogP contribution in [0.1, 0.15) is 0 Å². The molecule has 1 heterocycles. The number of allylic oxidation sites excluding steroid dienone is 1. The molecule has 5 heteroatoms. The van der Waals surface area contributed by atoms with Crippen molar-refractivity contribution in [2.45, 2.75) is 6.54 Å². The van der Waals surface area contributed by atoms with E-state index in [1.54, 1.807) is 16.8 Å². The standard InChI is InChI=1S/C9H8Br2ClNO/c1-6(3-12)4-13-5-7(10)2-8(11)9(13)14/h2,5H,1,3-4H2. The zero-order chi connectivity index (χ0) is 10.7. The lowest BCUT2D eigenvalue weighted by Crippen LogP contribution is -2.21. The third-order valence-corrected chi connectivity index (χ3v) is 2.97. The van der Waals surface area contributed by atoms with Crippen molar-refractivity contribution >= 4 is 43.5 Å². The molecule has 0 fully saturated rings. The molecule has 0 aliphatic heterocycles. The largest absolute Gasteiger partial charge is 0.309 e.